The maximum atomic E-state index is 13.4. The van der Waals surface area contributed by atoms with Gasteiger partial charge >= 0.3 is 0 Å². The van der Waals surface area contributed by atoms with Crippen LogP contribution < -0.4 is 15.0 Å². The summed E-state index contributed by atoms with van der Waals surface area (Å²) in [6, 6.07) is 27.9. The first kappa shape index (κ1) is 22.2. The molecule has 0 radical (unpaired) electrons. The van der Waals surface area contributed by atoms with E-state index >= 15 is 0 Å². The molecule has 5 rings (SSSR count). The van der Waals surface area contributed by atoms with Crippen LogP contribution in [-0.2, 0) is 9.59 Å². The van der Waals surface area contributed by atoms with Crippen molar-refractivity contribution in [1.29, 1.82) is 0 Å². The topological polar surface area (TPSA) is 71.5 Å². The minimum Gasteiger partial charge on any atom is -0.457 e. The van der Waals surface area contributed by atoms with Crippen molar-refractivity contribution in [1.82, 2.24) is 10.3 Å². The van der Waals surface area contributed by atoms with Gasteiger partial charge in [-0.1, -0.05) is 48.5 Å². The van der Waals surface area contributed by atoms with E-state index in [0.29, 0.717) is 22.7 Å². The predicted molar refractivity (Wildman–Crippen MR) is 139 cm³/mol. The van der Waals surface area contributed by atoms with Gasteiger partial charge in [0.25, 0.3) is 11.8 Å². The number of aromatic nitrogens is 1. The summed E-state index contributed by atoms with van der Waals surface area (Å²) in [5.41, 5.74) is 2.94. The van der Waals surface area contributed by atoms with Crippen LogP contribution in [0.3, 0.4) is 0 Å². The van der Waals surface area contributed by atoms with E-state index in [-0.39, 0.29) is 10.7 Å². The Kier molecular flexibility index (Phi) is 6.15. The molecule has 2 amide bonds. The molecule has 0 aliphatic carbocycles. The average molecular weight is 478 g/mol. The molecule has 3 aromatic carbocycles. The first-order valence-electron chi connectivity index (χ1n) is 10.8. The van der Waals surface area contributed by atoms with Gasteiger partial charge in [-0.2, -0.15) is 0 Å². The van der Waals surface area contributed by atoms with Crippen LogP contribution in [0.1, 0.15) is 5.56 Å². The van der Waals surface area contributed by atoms with Crippen molar-refractivity contribution < 1.29 is 14.3 Å². The summed E-state index contributed by atoms with van der Waals surface area (Å²) in [6.07, 6.45) is 4.85. The van der Waals surface area contributed by atoms with E-state index in [4.69, 9.17) is 17.0 Å². The first-order chi connectivity index (χ1) is 17.1. The Hall–Kier alpha value is -4.62. The third-order valence-corrected chi connectivity index (χ3v) is 5.70. The summed E-state index contributed by atoms with van der Waals surface area (Å²) in [5, 5.41) is 2.64. The number of hydrogen-bond acceptors (Lipinski definition) is 5. The molecule has 1 aliphatic rings. The lowest BCUT2D eigenvalue weighted by atomic mass is 9.99. The van der Waals surface area contributed by atoms with Crippen molar-refractivity contribution in [2.45, 2.75) is 0 Å². The quantitative estimate of drug-likeness (QED) is 0.238. The Bertz CT molecular complexity index is 1440. The number of nitrogens with one attached hydrogen (secondary N) is 1. The zero-order chi connectivity index (χ0) is 24.2. The maximum Gasteiger partial charge on any atom is 0.270 e. The molecule has 1 N–H and O–H groups in total. The lowest BCUT2D eigenvalue weighted by Crippen LogP contribution is -2.54. The zero-order valence-electron chi connectivity index (χ0n) is 18.4. The number of thiocarbonyl (C=S) groups is 1. The Labute approximate surface area is 207 Å². The largest absolute Gasteiger partial charge is 0.457 e. The number of para-hydroxylation sites is 1. The van der Waals surface area contributed by atoms with Crippen LogP contribution in [0.15, 0.2) is 109 Å². The summed E-state index contributed by atoms with van der Waals surface area (Å²) in [6.45, 7) is 0. The fourth-order valence-corrected chi connectivity index (χ4v) is 4.02. The van der Waals surface area contributed by atoms with E-state index < -0.39 is 11.8 Å². The van der Waals surface area contributed by atoms with Gasteiger partial charge in [-0.25, -0.2) is 0 Å². The molecule has 6 nitrogen and oxygen atoms in total. The minimum absolute atomic E-state index is 0.0170. The van der Waals surface area contributed by atoms with Gasteiger partial charge in [-0.15, -0.1) is 0 Å². The maximum absolute atomic E-state index is 13.4. The lowest BCUT2D eigenvalue weighted by Gasteiger charge is -2.29. The minimum atomic E-state index is -0.553. The number of ether oxygens (including phenoxy) is 1. The van der Waals surface area contributed by atoms with Gasteiger partial charge < -0.3 is 4.74 Å². The number of carbonyl (C=O) groups excluding carboxylic acids is 2. The fraction of sp³-hybridized carbons (Fsp3) is 0. The van der Waals surface area contributed by atoms with Crippen LogP contribution in [0.2, 0.25) is 0 Å². The predicted octanol–water partition coefficient (Wildman–Crippen LogP) is 5.37. The number of rotatable bonds is 5. The molecule has 1 saturated heterocycles. The second kappa shape index (κ2) is 9.70. The van der Waals surface area contributed by atoms with Gasteiger partial charge in [0.2, 0.25) is 0 Å². The lowest BCUT2D eigenvalue weighted by molar-refractivity contribution is -0.122. The second-order valence-corrected chi connectivity index (χ2v) is 8.08. The van der Waals surface area contributed by atoms with Crippen LogP contribution >= 0.6 is 12.2 Å². The molecular weight excluding hydrogens is 458 g/mol. The number of hydrogen-bond donors (Lipinski definition) is 1. The molecule has 7 heteroatoms. The smallest absolute Gasteiger partial charge is 0.270 e. The van der Waals surface area contributed by atoms with Crippen LogP contribution in [-0.4, -0.2) is 21.9 Å². The molecule has 35 heavy (non-hydrogen) atoms. The summed E-state index contributed by atoms with van der Waals surface area (Å²) in [4.78, 5) is 31.7. The Balaban J connectivity index is 1.45. The Morgan fingerprint density at radius 1 is 0.829 bits per heavy atom. The van der Waals surface area contributed by atoms with Crippen molar-refractivity contribution in [3.63, 3.8) is 0 Å². The highest BCUT2D eigenvalue weighted by atomic mass is 32.1. The average Bonchev–Trinajstić information content (AvgIpc) is 2.89. The van der Waals surface area contributed by atoms with Gasteiger partial charge in [0.15, 0.2) is 5.11 Å². The Morgan fingerprint density at radius 2 is 1.49 bits per heavy atom. The number of anilines is 1. The van der Waals surface area contributed by atoms with Crippen LogP contribution in [0.4, 0.5) is 5.69 Å². The molecule has 1 aromatic heterocycles. The van der Waals surface area contributed by atoms with Crippen LogP contribution in [0, 0.1) is 0 Å². The summed E-state index contributed by atoms with van der Waals surface area (Å²) < 4.78 is 5.82. The molecule has 170 valence electrons. The van der Waals surface area contributed by atoms with Crippen molar-refractivity contribution >= 4 is 40.9 Å². The molecule has 1 aliphatic heterocycles. The summed E-state index contributed by atoms with van der Waals surface area (Å²) in [7, 11) is 0. The monoisotopic (exact) mass is 477 g/mol. The van der Waals surface area contributed by atoms with E-state index in [9.17, 15) is 9.59 Å². The van der Waals surface area contributed by atoms with E-state index in [2.05, 4.69) is 10.3 Å². The van der Waals surface area contributed by atoms with Gasteiger partial charge in [-0.05, 0) is 71.9 Å². The second-order valence-electron chi connectivity index (χ2n) is 7.70. The molecule has 0 saturated carbocycles. The van der Waals surface area contributed by atoms with Crippen molar-refractivity contribution in [3.05, 3.63) is 115 Å². The molecular formula is C28H19N3O3S. The number of carbonyl (C=O) groups is 2. The first-order valence-corrected chi connectivity index (χ1v) is 11.2. The molecule has 0 atom stereocenters. The van der Waals surface area contributed by atoms with E-state index in [1.54, 1.807) is 42.7 Å². The van der Waals surface area contributed by atoms with Crippen LogP contribution in [0.25, 0.3) is 17.2 Å². The number of amides is 2. The van der Waals surface area contributed by atoms with Gasteiger partial charge in [0, 0.05) is 18.0 Å². The zero-order valence-corrected chi connectivity index (χ0v) is 19.2. The molecule has 4 aromatic rings. The highest BCUT2D eigenvalue weighted by Crippen LogP contribution is 2.29. The van der Waals surface area contributed by atoms with Gasteiger partial charge in [0.05, 0.1) is 5.69 Å². The van der Waals surface area contributed by atoms with E-state index in [1.165, 1.54) is 4.90 Å². The fourth-order valence-electron chi connectivity index (χ4n) is 3.74. The molecule has 0 unspecified atom stereocenters. The van der Waals surface area contributed by atoms with Crippen molar-refractivity contribution in [3.8, 4) is 22.6 Å². The number of pyridine rings is 1. The van der Waals surface area contributed by atoms with E-state index in [0.717, 1.165) is 11.1 Å². The van der Waals surface area contributed by atoms with Gasteiger partial charge in [-0.3, -0.25) is 24.8 Å². The molecule has 2 heterocycles. The molecule has 0 bridgehead atoms. The number of benzene rings is 3. The highest BCUT2D eigenvalue weighted by molar-refractivity contribution is 7.80. The van der Waals surface area contributed by atoms with Crippen molar-refractivity contribution in [2.75, 3.05) is 4.90 Å². The van der Waals surface area contributed by atoms with Crippen LogP contribution in [0.5, 0.6) is 11.5 Å². The summed E-state index contributed by atoms with van der Waals surface area (Å²) in [5.74, 6) is 0.243. The highest BCUT2D eigenvalue weighted by Gasteiger charge is 2.34. The molecule has 1 fully saturated rings. The number of nitrogens with zero attached hydrogens (tertiary/aromatic N) is 2. The SMILES string of the molecule is O=C1NC(=S)N(c2ccc(Oc3ccccc3)cc2)C(=O)/C1=C/c1cnccc1-c1ccccc1. The Morgan fingerprint density at radius 3 is 2.20 bits per heavy atom. The van der Waals surface area contributed by atoms with Gasteiger partial charge in [0.1, 0.15) is 17.1 Å². The normalized spacial score (nSPS) is 14.7. The molecule has 0 spiro atoms. The summed E-state index contributed by atoms with van der Waals surface area (Å²) >= 11 is 5.32. The third-order valence-electron chi connectivity index (χ3n) is 5.41. The van der Waals surface area contributed by atoms with E-state index in [1.807, 2.05) is 66.7 Å². The third kappa shape index (κ3) is 4.71. The van der Waals surface area contributed by atoms with Crippen molar-refractivity contribution in [2.24, 2.45) is 0 Å². The standard InChI is InChI=1S/C28H19N3O3S/c32-26-25(17-20-18-29-16-15-24(20)19-7-3-1-4-8-19)27(33)31(28(35)30-26)21-11-13-23(14-12-21)34-22-9-5-2-6-10-22/h1-18H,(H,30,32,35)/b25-17+.